The highest BCUT2D eigenvalue weighted by Gasteiger charge is 1.96. The van der Waals surface area contributed by atoms with Crippen LogP contribution in [0.1, 0.15) is 5.56 Å². The maximum atomic E-state index is 4.22. The second kappa shape index (κ2) is 3.35. The van der Waals surface area contributed by atoms with Crippen molar-refractivity contribution in [1.82, 2.24) is 9.97 Å². The summed E-state index contributed by atoms with van der Waals surface area (Å²) in [7, 11) is 0. The van der Waals surface area contributed by atoms with Crippen LogP contribution in [-0.4, -0.2) is 9.97 Å². The molecule has 1 aromatic heterocycles. The van der Waals surface area contributed by atoms with Gasteiger partial charge in [-0.25, -0.2) is 0 Å². The van der Waals surface area contributed by atoms with Gasteiger partial charge < -0.3 is 0 Å². The van der Waals surface area contributed by atoms with E-state index in [1.807, 2.05) is 0 Å². The first kappa shape index (κ1) is 7.92. The Kier molecular flexibility index (Phi) is 2.04. The van der Waals surface area contributed by atoms with Crippen LogP contribution in [0.2, 0.25) is 0 Å². The van der Waals surface area contributed by atoms with Crippen LogP contribution in [0.5, 0.6) is 0 Å². The fraction of sp³-hybridized carbons (Fsp3) is 0.0909. The van der Waals surface area contributed by atoms with Gasteiger partial charge in [-0.2, -0.15) is 0 Å². The summed E-state index contributed by atoms with van der Waals surface area (Å²) in [5.41, 5.74) is 3.29. The molecule has 0 unspecified atom stereocenters. The van der Waals surface area contributed by atoms with E-state index in [0.29, 0.717) is 0 Å². The average Bonchev–Trinajstić information content (AvgIpc) is 2.20. The SMILES string of the molecule is Cc1ccc(-c2cnccn2)cc1. The minimum Gasteiger partial charge on any atom is -0.261 e. The molecule has 0 fully saturated rings. The predicted octanol–water partition coefficient (Wildman–Crippen LogP) is 2.45. The van der Waals surface area contributed by atoms with Crippen molar-refractivity contribution in [2.24, 2.45) is 0 Å². The minimum atomic E-state index is 0.919. The first-order valence-corrected chi connectivity index (χ1v) is 4.19. The monoisotopic (exact) mass is 170 g/mol. The standard InChI is InChI=1S/C11H10N2/c1-9-2-4-10(5-3-9)11-8-12-6-7-13-11/h2-8H,1H3. The van der Waals surface area contributed by atoms with E-state index in [2.05, 4.69) is 41.2 Å². The molecule has 1 heterocycles. The lowest BCUT2D eigenvalue weighted by molar-refractivity contribution is 1.20. The third-order valence-corrected chi connectivity index (χ3v) is 1.91. The summed E-state index contributed by atoms with van der Waals surface area (Å²) in [6, 6.07) is 8.26. The molecule has 1 aromatic carbocycles. The van der Waals surface area contributed by atoms with Gasteiger partial charge in [-0.3, -0.25) is 9.97 Å². The average molecular weight is 170 g/mol. The topological polar surface area (TPSA) is 25.8 Å². The van der Waals surface area contributed by atoms with Gasteiger partial charge in [0.2, 0.25) is 0 Å². The molecular formula is C11H10N2. The first-order valence-electron chi connectivity index (χ1n) is 4.19. The molecule has 0 spiro atoms. The van der Waals surface area contributed by atoms with E-state index in [0.717, 1.165) is 11.3 Å². The normalized spacial score (nSPS) is 9.92. The van der Waals surface area contributed by atoms with Crippen LogP contribution in [0.4, 0.5) is 0 Å². The van der Waals surface area contributed by atoms with Crippen molar-refractivity contribution in [1.29, 1.82) is 0 Å². The second-order valence-corrected chi connectivity index (χ2v) is 2.96. The van der Waals surface area contributed by atoms with Crippen molar-refractivity contribution < 1.29 is 0 Å². The molecule has 0 radical (unpaired) electrons. The van der Waals surface area contributed by atoms with E-state index >= 15 is 0 Å². The zero-order valence-corrected chi connectivity index (χ0v) is 7.44. The Hall–Kier alpha value is -1.70. The van der Waals surface area contributed by atoms with Gasteiger partial charge in [-0.1, -0.05) is 29.8 Å². The molecule has 0 saturated carbocycles. The molecular weight excluding hydrogens is 160 g/mol. The highest BCUT2D eigenvalue weighted by atomic mass is 14.8. The molecule has 0 aliphatic carbocycles. The molecule has 0 aliphatic heterocycles. The number of aryl methyl sites for hydroxylation is 1. The van der Waals surface area contributed by atoms with Crippen LogP contribution >= 0.6 is 0 Å². The lowest BCUT2D eigenvalue weighted by atomic mass is 10.1. The summed E-state index contributed by atoms with van der Waals surface area (Å²) in [4.78, 5) is 8.24. The number of hydrogen-bond acceptors (Lipinski definition) is 2. The molecule has 2 nitrogen and oxygen atoms in total. The van der Waals surface area contributed by atoms with E-state index in [4.69, 9.17) is 0 Å². The van der Waals surface area contributed by atoms with Crippen LogP contribution in [0.15, 0.2) is 42.9 Å². The molecule has 0 bridgehead atoms. The Morgan fingerprint density at radius 1 is 1.00 bits per heavy atom. The molecule has 0 saturated heterocycles. The minimum absolute atomic E-state index is 0.919. The van der Waals surface area contributed by atoms with Gasteiger partial charge in [0.1, 0.15) is 0 Å². The van der Waals surface area contributed by atoms with Crippen LogP contribution in [0, 0.1) is 6.92 Å². The number of hydrogen-bond donors (Lipinski definition) is 0. The van der Waals surface area contributed by atoms with Crippen molar-refractivity contribution in [3.05, 3.63) is 48.4 Å². The Bertz CT molecular complexity index is 379. The Labute approximate surface area is 77.3 Å². The van der Waals surface area contributed by atoms with Crippen LogP contribution in [0.3, 0.4) is 0 Å². The lowest BCUT2D eigenvalue weighted by Gasteiger charge is -1.99. The van der Waals surface area contributed by atoms with Crippen LogP contribution in [0.25, 0.3) is 11.3 Å². The molecule has 0 aliphatic rings. The third-order valence-electron chi connectivity index (χ3n) is 1.91. The van der Waals surface area contributed by atoms with E-state index in [1.54, 1.807) is 18.6 Å². The van der Waals surface area contributed by atoms with Gasteiger partial charge in [-0.15, -0.1) is 0 Å². The Balaban J connectivity index is 2.42. The predicted molar refractivity (Wildman–Crippen MR) is 52.2 cm³/mol. The van der Waals surface area contributed by atoms with Gasteiger partial charge in [-0.05, 0) is 6.92 Å². The van der Waals surface area contributed by atoms with Crippen molar-refractivity contribution in [3.8, 4) is 11.3 Å². The lowest BCUT2D eigenvalue weighted by Crippen LogP contribution is -1.83. The smallest absolute Gasteiger partial charge is 0.0885 e. The zero-order valence-electron chi connectivity index (χ0n) is 7.44. The highest BCUT2D eigenvalue weighted by Crippen LogP contribution is 2.15. The highest BCUT2D eigenvalue weighted by molar-refractivity contribution is 5.57. The van der Waals surface area contributed by atoms with Gasteiger partial charge in [0.05, 0.1) is 11.9 Å². The molecule has 2 aromatic rings. The Morgan fingerprint density at radius 3 is 2.38 bits per heavy atom. The summed E-state index contributed by atoms with van der Waals surface area (Å²) in [6.07, 6.45) is 5.15. The number of aromatic nitrogens is 2. The number of benzene rings is 1. The molecule has 13 heavy (non-hydrogen) atoms. The fourth-order valence-corrected chi connectivity index (χ4v) is 1.17. The largest absolute Gasteiger partial charge is 0.261 e. The fourth-order valence-electron chi connectivity index (χ4n) is 1.17. The molecule has 0 N–H and O–H groups in total. The second-order valence-electron chi connectivity index (χ2n) is 2.96. The molecule has 0 atom stereocenters. The van der Waals surface area contributed by atoms with Crippen molar-refractivity contribution in [2.75, 3.05) is 0 Å². The van der Waals surface area contributed by atoms with Gasteiger partial charge in [0.25, 0.3) is 0 Å². The molecule has 2 heteroatoms. The van der Waals surface area contributed by atoms with Gasteiger partial charge >= 0.3 is 0 Å². The van der Waals surface area contributed by atoms with Gasteiger partial charge in [0, 0.05) is 18.0 Å². The zero-order chi connectivity index (χ0) is 9.10. The maximum absolute atomic E-state index is 4.22. The summed E-state index contributed by atoms with van der Waals surface area (Å²) in [6.45, 7) is 2.07. The van der Waals surface area contributed by atoms with Crippen LogP contribution < -0.4 is 0 Å². The molecule has 64 valence electrons. The van der Waals surface area contributed by atoms with E-state index in [9.17, 15) is 0 Å². The summed E-state index contributed by atoms with van der Waals surface area (Å²) < 4.78 is 0. The first-order chi connectivity index (χ1) is 6.36. The molecule has 0 amide bonds. The third kappa shape index (κ3) is 1.72. The molecule has 2 rings (SSSR count). The summed E-state index contributed by atoms with van der Waals surface area (Å²) in [5, 5.41) is 0. The number of nitrogens with zero attached hydrogens (tertiary/aromatic N) is 2. The maximum Gasteiger partial charge on any atom is 0.0885 e. The Morgan fingerprint density at radius 2 is 1.77 bits per heavy atom. The van der Waals surface area contributed by atoms with Crippen LogP contribution in [-0.2, 0) is 0 Å². The van der Waals surface area contributed by atoms with Crippen molar-refractivity contribution in [3.63, 3.8) is 0 Å². The van der Waals surface area contributed by atoms with Crippen molar-refractivity contribution in [2.45, 2.75) is 6.92 Å². The van der Waals surface area contributed by atoms with E-state index in [-0.39, 0.29) is 0 Å². The summed E-state index contributed by atoms with van der Waals surface area (Å²) in [5.74, 6) is 0. The number of rotatable bonds is 1. The van der Waals surface area contributed by atoms with E-state index in [1.165, 1.54) is 5.56 Å². The van der Waals surface area contributed by atoms with E-state index < -0.39 is 0 Å². The van der Waals surface area contributed by atoms with Crippen molar-refractivity contribution >= 4 is 0 Å². The van der Waals surface area contributed by atoms with Gasteiger partial charge in [0.15, 0.2) is 0 Å². The quantitative estimate of drug-likeness (QED) is 0.657. The summed E-state index contributed by atoms with van der Waals surface area (Å²) >= 11 is 0.